The lowest BCUT2D eigenvalue weighted by Crippen LogP contribution is -2.10. The van der Waals surface area contributed by atoms with E-state index in [1.807, 2.05) is 16.8 Å². The van der Waals surface area contributed by atoms with Gasteiger partial charge in [-0.25, -0.2) is 0 Å². The minimum absolute atomic E-state index is 0.0870. The molecule has 3 aromatic rings. The van der Waals surface area contributed by atoms with Crippen LogP contribution in [0.25, 0.3) is 11.1 Å². The molecular formula is C24H27NO4. The third kappa shape index (κ3) is 4.14. The van der Waals surface area contributed by atoms with E-state index in [0.29, 0.717) is 28.5 Å². The van der Waals surface area contributed by atoms with E-state index in [2.05, 4.69) is 38.1 Å². The van der Waals surface area contributed by atoms with Gasteiger partial charge in [0.15, 0.2) is 11.5 Å². The molecule has 0 spiro atoms. The van der Waals surface area contributed by atoms with E-state index in [-0.39, 0.29) is 5.78 Å². The number of ketones is 1. The standard InChI is InChI=1S/C24H27NO4/c1-6-11-25-15-19(17-9-7-16(2)8-10-17)12-20(25)23(26)18-13-21(27-3)24(29-5)22(14-18)28-4/h7-10,12-15H,6,11H2,1-5H3. The van der Waals surface area contributed by atoms with E-state index in [0.717, 1.165) is 24.1 Å². The van der Waals surface area contributed by atoms with Crippen LogP contribution in [0.5, 0.6) is 17.2 Å². The minimum Gasteiger partial charge on any atom is -0.493 e. The van der Waals surface area contributed by atoms with Crippen LogP contribution in [0.3, 0.4) is 0 Å². The summed E-state index contributed by atoms with van der Waals surface area (Å²) in [7, 11) is 4.63. The molecule has 0 amide bonds. The minimum atomic E-state index is -0.0870. The highest BCUT2D eigenvalue weighted by molar-refractivity contribution is 6.09. The number of nitrogens with zero attached hydrogens (tertiary/aromatic N) is 1. The number of aryl methyl sites for hydroxylation is 2. The summed E-state index contributed by atoms with van der Waals surface area (Å²) in [5, 5.41) is 0. The Hall–Kier alpha value is -3.21. The van der Waals surface area contributed by atoms with E-state index in [1.54, 1.807) is 33.5 Å². The molecule has 0 N–H and O–H groups in total. The van der Waals surface area contributed by atoms with E-state index >= 15 is 0 Å². The molecule has 5 nitrogen and oxygen atoms in total. The Morgan fingerprint density at radius 1 is 0.897 bits per heavy atom. The topological polar surface area (TPSA) is 49.7 Å². The van der Waals surface area contributed by atoms with Gasteiger partial charge in [-0.05, 0) is 37.1 Å². The van der Waals surface area contributed by atoms with Crippen molar-refractivity contribution in [3.05, 3.63) is 65.5 Å². The molecule has 29 heavy (non-hydrogen) atoms. The fourth-order valence-corrected chi connectivity index (χ4v) is 3.39. The van der Waals surface area contributed by atoms with Crippen LogP contribution in [-0.2, 0) is 6.54 Å². The summed E-state index contributed by atoms with van der Waals surface area (Å²) in [5.41, 5.74) is 4.44. The molecule has 3 rings (SSSR count). The fraction of sp³-hybridized carbons (Fsp3) is 0.292. The highest BCUT2D eigenvalue weighted by Gasteiger charge is 2.21. The van der Waals surface area contributed by atoms with E-state index in [4.69, 9.17) is 14.2 Å². The van der Waals surface area contributed by atoms with E-state index in [1.165, 1.54) is 5.56 Å². The van der Waals surface area contributed by atoms with Gasteiger partial charge >= 0.3 is 0 Å². The number of carbonyl (C=O) groups excluding carboxylic acids is 1. The number of benzene rings is 2. The van der Waals surface area contributed by atoms with Crippen LogP contribution < -0.4 is 14.2 Å². The maximum atomic E-state index is 13.4. The van der Waals surface area contributed by atoms with Crippen LogP contribution in [0, 0.1) is 6.92 Å². The van der Waals surface area contributed by atoms with Gasteiger partial charge in [-0.2, -0.15) is 0 Å². The molecule has 0 aliphatic rings. The molecule has 5 heteroatoms. The van der Waals surface area contributed by atoms with Gasteiger partial charge in [0.05, 0.1) is 27.0 Å². The van der Waals surface area contributed by atoms with Gasteiger partial charge in [-0.1, -0.05) is 36.8 Å². The van der Waals surface area contributed by atoms with Crippen LogP contribution >= 0.6 is 0 Å². The summed E-state index contributed by atoms with van der Waals surface area (Å²) < 4.78 is 18.2. The molecule has 0 aliphatic heterocycles. The maximum Gasteiger partial charge on any atom is 0.209 e. The number of aromatic nitrogens is 1. The molecular weight excluding hydrogens is 366 g/mol. The second-order valence-corrected chi connectivity index (χ2v) is 6.92. The largest absolute Gasteiger partial charge is 0.493 e. The lowest BCUT2D eigenvalue weighted by atomic mass is 10.0. The highest BCUT2D eigenvalue weighted by Crippen LogP contribution is 2.39. The summed E-state index contributed by atoms with van der Waals surface area (Å²) in [5.74, 6) is 1.30. The van der Waals surface area contributed by atoms with Crippen molar-refractivity contribution in [3.63, 3.8) is 0 Å². The van der Waals surface area contributed by atoms with Crippen molar-refractivity contribution in [2.75, 3.05) is 21.3 Å². The lowest BCUT2D eigenvalue weighted by Gasteiger charge is -2.14. The summed E-state index contributed by atoms with van der Waals surface area (Å²) in [6, 6.07) is 13.6. The number of hydrogen-bond acceptors (Lipinski definition) is 4. The van der Waals surface area contributed by atoms with Crippen molar-refractivity contribution in [1.82, 2.24) is 4.57 Å². The van der Waals surface area contributed by atoms with Gasteiger partial charge < -0.3 is 18.8 Å². The zero-order chi connectivity index (χ0) is 21.0. The number of hydrogen-bond donors (Lipinski definition) is 0. The first-order valence-corrected chi connectivity index (χ1v) is 9.64. The monoisotopic (exact) mass is 393 g/mol. The van der Waals surface area contributed by atoms with Gasteiger partial charge in [-0.3, -0.25) is 4.79 Å². The summed E-state index contributed by atoms with van der Waals surface area (Å²) in [6.45, 7) is 4.92. The van der Waals surface area contributed by atoms with Gasteiger partial charge in [0.2, 0.25) is 11.5 Å². The second-order valence-electron chi connectivity index (χ2n) is 6.92. The predicted octanol–water partition coefficient (Wildman–Crippen LogP) is 5.13. The normalized spacial score (nSPS) is 10.7. The Morgan fingerprint density at radius 2 is 1.52 bits per heavy atom. The molecule has 152 valence electrons. The van der Waals surface area contributed by atoms with Crippen LogP contribution in [0.1, 0.15) is 35.0 Å². The van der Waals surface area contributed by atoms with Crippen molar-refractivity contribution >= 4 is 5.78 Å². The van der Waals surface area contributed by atoms with E-state index in [9.17, 15) is 4.79 Å². The molecule has 0 atom stereocenters. The third-order valence-corrected chi connectivity index (χ3v) is 4.91. The zero-order valence-electron chi connectivity index (χ0n) is 17.6. The maximum absolute atomic E-state index is 13.4. The number of carbonyl (C=O) groups is 1. The van der Waals surface area contributed by atoms with Gasteiger partial charge in [0.1, 0.15) is 0 Å². The fourth-order valence-electron chi connectivity index (χ4n) is 3.39. The molecule has 1 heterocycles. The zero-order valence-corrected chi connectivity index (χ0v) is 17.6. The first-order valence-electron chi connectivity index (χ1n) is 9.64. The number of methoxy groups -OCH3 is 3. The molecule has 0 saturated carbocycles. The van der Waals surface area contributed by atoms with Gasteiger partial charge in [0, 0.05) is 23.9 Å². The van der Waals surface area contributed by atoms with Crippen LogP contribution in [0.2, 0.25) is 0 Å². The highest BCUT2D eigenvalue weighted by atomic mass is 16.5. The molecule has 2 aromatic carbocycles. The van der Waals surface area contributed by atoms with Crippen molar-refractivity contribution in [2.45, 2.75) is 26.8 Å². The molecule has 1 aromatic heterocycles. The first kappa shape index (κ1) is 20.5. The Kier molecular flexibility index (Phi) is 6.27. The molecule has 0 fully saturated rings. The van der Waals surface area contributed by atoms with Crippen molar-refractivity contribution in [2.24, 2.45) is 0 Å². The Balaban J connectivity index is 2.07. The van der Waals surface area contributed by atoms with Crippen LogP contribution in [0.4, 0.5) is 0 Å². The smallest absolute Gasteiger partial charge is 0.209 e. The Bertz CT molecular complexity index is 977. The first-order chi connectivity index (χ1) is 14.0. The van der Waals surface area contributed by atoms with Crippen molar-refractivity contribution < 1.29 is 19.0 Å². The summed E-state index contributed by atoms with van der Waals surface area (Å²) in [4.78, 5) is 13.4. The summed E-state index contributed by atoms with van der Waals surface area (Å²) >= 11 is 0. The van der Waals surface area contributed by atoms with Crippen molar-refractivity contribution in [1.29, 1.82) is 0 Å². The van der Waals surface area contributed by atoms with Crippen molar-refractivity contribution in [3.8, 4) is 28.4 Å². The van der Waals surface area contributed by atoms with E-state index < -0.39 is 0 Å². The average molecular weight is 393 g/mol. The molecule has 0 bridgehead atoms. The van der Waals surface area contributed by atoms with Gasteiger partial charge in [0.25, 0.3) is 0 Å². The molecule has 0 aliphatic carbocycles. The number of ether oxygens (including phenoxy) is 3. The van der Waals surface area contributed by atoms with Crippen LogP contribution in [-0.4, -0.2) is 31.7 Å². The Labute approximate surface area is 171 Å². The van der Waals surface area contributed by atoms with Gasteiger partial charge in [-0.15, -0.1) is 0 Å². The molecule has 0 saturated heterocycles. The lowest BCUT2D eigenvalue weighted by molar-refractivity contribution is 0.102. The average Bonchev–Trinajstić information content (AvgIpc) is 3.16. The SMILES string of the molecule is CCCn1cc(-c2ccc(C)cc2)cc1C(=O)c1cc(OC)c(OC)c(OC)c1. The number of rotatable bonds is 8. The van der Waals surface area contributed by atoms with Crippen LogP contribution in [0.15, 0.2) is 48.7 Å². The molecule has 0 radical (unpaired) electrons. The predicted molar refractivity (Wildman–Crippen MR) is 114 cm³/mol. The second kappa shape index (κ2) is 8.86. The third-order valence-electron chi connectivity index (χ3n) is 4.91. The Morgan fingerprint density at radius 3 is 2.03 bits per heavy atom. The quantitative estimate of drug-likeness (QED) is 0.498. The summed E-state index contributed by atoms with van der Waals surface area (Å²) in [6.07, 6.45) is 2.97. The molecule has 0 unspecified atom stereocenters.